The van der Waals surface area contributed by atoms with Crippen LogP contribution in [0.2, 0.25) is 0 Å². The maximum Gasteiger partial charge on any atom is 0.252 e. The third-order valence-corrected chi connectivity index (χ3v) is 2.98. The van der Waals surface area contributed by atoms with E-state index < -0.39 is 5.82 Å². The fourth-order valence-corrected chi connectivity index (χ4v) is 1.81. The van der Waals surface area contributed by atoms with Crippen LogP contribution in [0.1, 0.15) is 29.6 Å². The van der Waals surface area contributed by atoms with Crippen LogP contribution < -0.4 is 5.32 Å². The predicted octanol–water partition coefficient (Wildman–Crippen LogP) is 2.48. The number of rotatable bonds is 6. The minimum Gasteiger partial charge on any atom is -0.396 e. The van der Waals surface area contributed by atoms with Gasteiger partial charge in [0.05, 0.1) is 5.56 Å². The van der Waals surface area contributed by atoms with Crippen LogP contribution in [0.15, 0.2) is 22.7 Å². The van der Waals surface area contributed by atoms with Crippen LogP contribution in [0, 0.1) is 5.82 Å². The Bertz CT molecular complexity index is 385. The van der Waals surface area contributed by atoms with Gasteiger partial charge in [0, 0.05) is 17.6 Å². The molecule has 0 aliphatic carbocycles. The van der Waals surface area contributed by atoms with E-state index in [1.54, 1.807) is 0 Å². The second kappa shape index (κ2) is 7.40. The molecule has 1 aromatic rings. The molecule has 0 unspecified atom stereocenters. The number of nitrogens with one attached hydrogen (secondary N) is 1. The average molecular weight is 304 g/mol. The van der Waals surface area contributed by atoms with Crippen molar-refractivity contribution in [1.82, 2.24) is 5.32 Å². The van der Waals surface area contributed by atoms with Gasteiger partial charge >= 0.3 is 0 Å². The SMILES string of the molecule is O=C(NCCCCCO)c1cc(F)ccc1Br. The lowest BCUT2D eigenvalue weighted by Crippen LogP contribution is -2.24. The molecule has 5 heteroatoms. The zero-order chi connectivity index (χ0) is 12.7. The Labute approximate surface area is 108 Å². The average Bonchev–Trinajstić information content (AvgIpc) is 2.32. The van der Waals surface area contributed by atoms with Gasteiger partial charge in [-0.2, -0.15) is 0 Å². The van der Waals surface area contributed by atoms with E-state index in [4.69, 9.17) is 5.11 Å². The lowest BCUT2D eigenvalue weighted by Gasteiger charge is -2.06. The first-order valence-electron chi connectivity index (χ1n) is 5.49. The molecule has 1 rings (SSSR count). The van der Waals surface area contributed by atoms with E-state index in [2.05, 4.69) is 21.2 Å². The summed E-state index contributed by atoms with van der Waals surface area (Å²) in [7, 11) is 0. The Morgan fingerprint density at radius 1 is 1.35 bits per heavy atom. The van der Waals surface area contributed by atoms with Crippen molar-refractivity contribution in [2.75, 3.05) is 13.2 Å². The van der Waals surface area contributed by atoms with Crippen molar-refractivity contribution in [3.8, 4) is 0 Å². The van der Waals surface area contributed by atoms with Gasteiger partial charge in [0.25, 0.3) is 5.91 Å². The molecule has 3 nitrogen and oxygen atoms in total. The summed E-state index contributed by atoms with van der Waals surface area (Å²) < 4.78 is 13.5. The van der Waals surface area contributed by atoms with E-state index in [0.29, 0.717) is 16.6 Å². The highest BCUT2D eigenvalue weighted by Gasteiger charge is 2.10. The van der Waals surface area contributed by atoms with Crippen molar-refractivity contribution in [3.63, 3.8) is 0 Å². The van der Waals surface area contributed by atoms with Crippen molar-refractivity contribution < 1.29 is 14.3 Å². The van der Waals surface area contributed by atoms with Gasteiger partial charge in [0.2, 0.25) is 0 Å². The topological polar surface area (TPSA) is 49.3 Å². The van der Waals surface area contributed by atoms with Gasteiger partial charge in [0.1, 0.15) is 5.82 Å². The van der Waals surface area contributed by atoms with Crippen molar-refractivity contribution in [1.29, 1.82) is 0 Å². The van der Waals surface area contributed by atoms with E-state index in [-0.39, 0.29) is 12.5 Å². The molecule has 0 spiro atoms. The molecule has 1 amide bonds. The standard InChI is InChI=1S/C12H15BrFNO2/c13-11-5-4-9(14)8-10(11)12(17)15-6-2-1-3-7-16/h4-5,8,16H,1-3,6-7H2,(H,15,17). The molecule has 0 fully saturated rings. The fourth-order valence-electron chi connectivity index (χ4n) is 1.38. The molecule has 0 saturated heterocycles. The minimum absolute atomic E-state index is 0.170. The second-order valence-electron chi connectivity index (χ2n) is 3.66. The lowest BCUT2D eigenvalue weighted by atomic mass is 10.2. The highest BCUT2D eigenvalue weighted by molar-refractivity contribution is 9.10. The van der Waals surface area contributed by atoms with E-state index in [9.17, 15) is 9.18 Å². The van der Waals surface area contributed by atoms with Gasteiger partial charge in [-0.05, 0) is 53.4 Å². The zero-order valence-electron chi connectivity index (χ0n) is 9.38. The largest absolute Gasteiger partial charge is 0.396 e. The van der Waals surface area contributed by atoms with Gasteiger partial charge in [-0.3, -0.25) is 4.79 Å². The number of aliphatic hydroxyl groups excluding tert-OH is 1. The third kappa shape index (κ3) is 4.83. The van der Waals surface area contributed by atoms with Crippen molar-refractivity contribution in [3.05, 3.63) is 34.1 Å². The summed E-state index contributed by atoms with van der Waals surface area (Å²) in [6.07, 6.45) is 2.40. The Kier molecular flexibility index (Phi) is 6.15. The summed E-state index contributed by atoms with van der Waals surface area (Å²) in [5, 5.41) is 11.3. The molecular weight excluding hydrogens is 289 g/mol. The number of amides is 1. The number of halogens is 2. The Hall–Kier alpha value is -0.940. The van der Waals surface area contributed by atoms with E-state index in [1.807, 2.05) is 0 Å². The third-order valence-electron chi connectivity index (χ3n) is 2.29. The summed E-state index contributed by atoms with van der Waals surface area (Å²) >= 11 is 3.20. The van der Waals surface area contributed by atoms with Crippen molar-refractivity contribution >= 4 is 21.8 Å². The summed E-state index contributed by atoms with van der Waals surface area (Å²) in [4.78, 5) is 11.7. The normalized spacial score (nSPS) is 10.3. The molecule has 0 radical (unpaired) electrons. The second-order valence-corrected chi connectivity index (χ2v) is 4.52. The van der Waals surface area contributed by atoms with Gasteiger partial charge in [-0.1, -0.05) is 0 Å². The van der Waals surface area contributed by atoms with Crippen LogP contribution in [-0.2, 0) is 0 Å². The zero-order valence-corrected chi connectivity index (χ0v) is 11.0. The highest BCUT2D eigenvalue weighted by Crippen LogP contribution is 2.17. The fraction of sp³-hybridized carbons (Fsp3) is 0.417. The first-order valence-corrected chi connectivity index (χ1v) is 6.28. The maximum atomic E-state index is 13.0. The van der Waals surface area contributed by atoms with Crippen molar-refractivity contribution in [2.24, 2.45) is 0 Å². The smallest absolute Gasteiger partial charge is 0.252 e. The number of unbranched alkanes of at least 4 members (excludes halogenated alkanes) is 2. The maximum absolute atomic E-state index is 13.0. The van der Waals surface area contributed by atoms with Crippen LogP contribution in [0.4, 0.5) is 4.39 Å². The Morgan fingerprint density at radius 2 is 2.12 bits per heavy atom. The Morgan fingerprint density at radius 3 is 2.82 bits per heavy atom. The summed E-state index contributed by atoms with van der Waals surface area (Å²) in [5.74, 6) is -0.723. The van der Waals surface area contributed by atoms with Gasteiger partial charge in [-0.25, -0.2) is 4.39 Å². The van der Waals surface area contributed by atoms with E-state index in [0.717, 1.165) is 19.3 Å². The van der Waals surface area contributed by atoms with Gasteiger partial charge < -0.3 is 10.4 Å². The Balaban J connectivity index is 2.44. The summed E-state index contributed by atoms with van der Waals surface area (Å²) in [5.41, 5.74) is 0.298. The number of hydrogen-bond donors (Lipinski definition) is 2. The monoisotopic (exact) mass is 303 g/mol. The molecular formula is C12H15BrFNO2. The highest BCUT2D eigenvalue weighted by atomic mass is 79.9. The van der Waals surface area contributed by atoms with Crippen LogP contribution >= 0.6 is 15.9 Å². The molecule has 1 aromatic carbocycles. The first-order chi connectivity index (χ1) is 8.15. The van der Waals surface area contributed by atoms with Gasteiger partial charge in [-0.15, -0.1) is 0 Å². The van der Waals surface area contributed by atoms with Crippen LogP contribution in [0.3, 0.4) is 0 Å². The molecule has 0 aliphatic heterocycles. The lowest BCUT2D eigenvalue weighted by molar-refractivity contribution is 0.0951. The van der Waals surface area contributed by atoms with Gasteiger partial charge in [0.15, 0.2) is 0 Å². The molecule has 17 heavy (non-hydrogen) atoms. The summed E-state index contributed by atoms with van der Waals surface area (Å²) in [6, 6.07) is 4.01. The summed E-state index contributed by atoms with van der Waals surface area (Å²) in [6.45, 7) is 0.700. The quantitative estimate of drug-likeness (QED) is 0.793. The van der Waals surface area contributed by atoms with Crippen LogP contribution in [0.5, 0.6) is 0 Å². The predicted molar refractivity (Wildman–Crippen MR) is 67.4 cm³/mol. The van der Waals surface area contributed by atoms with E-state index in [1.165, 1.54) is 18.2 Å². The molecule has 0 bridgehead atoms. The number of benzene rings is 1. The number of carbonyl (C=O) groups excluding carboxylic acids is 1. The molecule has 2 N–H and O–H groups in total. The number of hydrogen-bond acceptors (Lipinski definition) is 2. The molecule has 0 heterocycles. The molecule has 0 aromatic heterocycles. The first kappa shape index (κ1) is 14.1. The van der Waals surface area contributed by atoms with E-state index >= 15 is 0 Å². The molecule has 94 valence electrons. The number of aliphatic hydroxyl groups is 1. The van der Waals surface area contributed by atoms with Crippen LogP contribution in [-0.4, -0.2) is 24.2 Å². The molecule has 0 aliphatic rings. The molecule has 0 atom stereocenters. The molecule has 0 saturated carbocycles. The van der Waals surface area contributed by atoms with Crippen LogP contribution in [0.25, 0.3) is 0 Å². The van der Waals surface area contributed by atoms with Crippen molar-refractivity contribution in [2.45, 2.75) is 19.3 Å². The number of carbonyl (C=O) groups is 1. The minimum atomic E-state index is -0.432.